The molecule has 11 heteroatoms. The molecule has 1 aliphatic rings. The van der Waals surface area contributed by atoms with Crippen LogP contribution in [0.25, 0.3) is 0 Å². The molecule has 0 bridgehead atoms. The van der Waals surface area contributed by atoms with Crippen LogP contribution in [0.5, 0.6) is 0 Å². The van der Waals surface area contributed by atoms with E-state index in [1.165, 1.54) is 4.31 Å². The molecule has 0 aromatic carbocycles. The molecule has 10 nitrogen and oxygen atoms in total. The molecular formula is C16H25N5O5S. The zero-order valence-corrected chi connectivity index (χ0v) is 17.0. The summed E-state index contributed by atoms with van der Waals surface area (Å²) in [5, 5.41) is 7.67. The normalized spacial score (nSPS) is 21.3. The molecule has 2 aromatic rings. The average Bonchev–Trinajstić information content (AvgIpc) is 3.25. The van der Waals surface area contributed by atoms with E-state index >= 15 is 0 Å². The lowest BCUT2D eigenvalue weighted by Gasteiger charge is -2.22. The van der Waals surface area contributed by atoms with Gasteiger partial charge in [-0.1, -0.05) is 31.1 Å². The number of hydrogen-bond acceptors (Lipinski definition) is 9. The molecule has 0 N–H and O–H groups in total. The van der Waals surface area contributed by atoms with E-state index in [-0.39, 0.29) is 30.7 Å². The minimum Gasteiger partial charge on any atom is -0.364 e. The van der Waals surface area contributed by atoms with Crippen molar-refractivity contribution in [1.82, 2.24) is 24.6 Å². The van der Waals surface area contributed by atoms with E-state index in [0.29, 0.717) is 36.3 Å². The van der Waals surface area contributed by atoms with Crippen molar-refractivity contribution in [3.05, 3.63) is 23.4 Å². The first-order valence-electron chi connectivity index (χ1n) is 8.76. The quantitative estimate of drug-likeness (QED) is 0.714. The largest absolute Gasteiger partial charge is 0.364 e. The van der Waals surface area contributed by atoms with Gasteiger partial charge in [-0.25, -0.2) is 8.42 Å². The van der Waals surface area contributed by atoms with Crippen LogP contribution >= 0.6 is 0 Å². The molecule has 1 saturated heterocycles. The summed E-state index contributed by atoms with van der Waals surface area (Å²) in [6.07, 6.45) is 1.96. The van der Waals surface area contributed by atoms with Crippen LogP contribution in [0.3, 0.4) is 0 Å². The van der Waals surface area contributed by atoms with E-state index in [1.54, 1.807) is 6.92 Å². The minimum absolute atomic E-state index is 0.0304. The van der Waals surface area contributed by atoms with E-state index in [0.717, 1.165) is 6.26 Å². The van der Waals surface area contributed by atoms with E-state index < -0.39 is 10.0 Å². The smallest absolute Gasteiger partial charge is 0.255 e. The fourth-order valence-electron chi connectivity index (χ4n) is 2.79. The molecule has 1 fully saturated rings. The van der Waals surface area contributed by atoms with Crippen molar-refractivity contribution >= 4 is 10.0 Å². The van der Waals surface area contributed by atoms with Gasteiger partial charge in [-0.3, -0.25) is 0 Å². The van der Waals surface area contributed by atoms with Crippen molar-refractivity contribution in [2.24, 2.45) is 0 Å². The Hall–Kier alpha value is -1.85. The Morgan fingerprint density at radius 1 is 1.15 bits per heavy atom. The van der Waals surface area contributed by atoms with E-state index in [2.05, 4.69) is 20.3 Å². The Morgan fingerprint density at radius 3 is 2.44 bits per heavy atom. The van der Waals surface area contributed by atoms with Crippen molar-refractivity contribution in [2.45, 2.75) is 64.7 Å². The number of nitrogens with zero attached hydrogens (tertiary/aromatic N) is 5. The minimum atomic E-state index is -3.47. The second-order valence-corrected chi connectivity index (χ2v) is 9.81. The summed E-state index contributed by atoms with van der Waals surface area (Å²) in [6.45, 7) is 7.81. The van der Waals surface area contributed by atoms with Gasteiger partial charge in [-0.05, 0) is 19.8 Å². The maximum Gasteiger partial charge on any atom is 0.255 e. The standard InChI is InChI=1S/C16H25N5O5S/c1-10-17-14(25-19-10)12-7-6-11(24-12)8-21(27(5,22)23)9-13-18-15(26-20-13)16(2,3)4/h11-12H,6-9H2,1-5H3/t11-,12+/m1/s1. The number of hydrogen-bond donors (Lipinski definition) is 0. The van der Waals surface area contributed by atoms with Crippen LogP contribution in [-0.4, -0.2) is 51.9 Å². The summed E-state index contributed by atoms with van der Waals surface area (Å²) < 4.78 is 42.1. The number of sulfonamides is 1. The summed E-state index contributed by atoms with van der Waals surface area (Å²) in [5.74, 6) is 1.76. The Morgan fingerprint density at radius 2 is 1.89 bits per heavy atom. The van der Waals surface area contributed by atoms with E-state index in [9.17, 15) is 8.42 Å². The van der Waals surface area contributed by atoms with Crippen molar-refractivity contribution in [2.75, 3.05) is 12.8 Å². The number of aromatic nitrogens is 4. The molecule has 0 spiro atoms. The van der Waals surface area contributed by atoms with Gasteiger partial charge in [0.15, 0.2) is 11.6 Å². The molecule has 0 amide bonds. The van der Waals surface area contributed by atoms with Gasteiger partial charge in [-0.15, -0.1) is 0 Å². The number of aryl methyl sites for hydroxylation is 1. The molecule has 3 rings (SSSR count). The van der Waals surface area contributed by atoms with Gasteiger partial charge in [-0.2, -0.15) is 14.3 Å². The van der Waals surface area contributed by atoms with Crippen LogP contribution < -0.4 is 0 Å². The summed E-state index contributed by atoms with van der Waals surface area (Å²) in [7, 11) is -3.47. The molecule has 27 heavy (non-hydrogen) atoms. The van der Waals surface area contributed by atoms with Crippen LogP contribution in [0.2, 0.25) is 0 Å². The van der Waals surface area contributed by atoms with E-state index in [1.807, 2.05) is 20.8 Å². The molecular weight excluding hydrogens is 374 g/mol. The zero-order valence-electron chi connectivity index (χ0n) is 16.2. The third kappa shape index (κ3) is 4.90. The highest BCUT2D eigenvalue weighted by Gasteiger charge is 2.34. The summed E-state index contributed by atoms with van der Waals surface area (Å²) in [4.78, 5) is 8.50. The highest BCUT2D eigenvalue weighted by molar-refractivity contribution is 7.88. The Labute approximate surface area is 158 Å². The summed E-state index contributed by atoms with van der Waals surface area (Å²) in [6, 6.07) is 0. The van der Waals surface area contributed by atoms with Gasteiger partial charge in [0.1, 0.15) is 6.10 Å². The number of ether oxygens (including phenoxy) is 1. The summed E-state index contributed by atoms with van der Waals surface area (Å²) in [5.41, 5.74) is -0.300. The third-order valence-electron chi connectivity index (χ3n) is 4.23. The Bertz CT molecular complexity index is 885. The molecule has 2 aromatic heterocycles. The summed E-state index contributed by atoms with van der Waals surface area (Å²) >= 11 is 0. The Kier molecular flexibility index (Phi) is 5.37. The highest BCUT2D eigenvalue weighted by Crippen LogP contribution is 2.32. The van der Waals surface area contributed by atoms with Gasteiger partial charge in [0.2, 0.25) is 15.9 Å². The average molecular weight is 399 g/mol. The van der Waals surface area contributed by atoms with Crippen molar-refractivity contribution in [1.29, 1.82) is 0 Å². The van der Waals surface area contributed by atoms with Gasteiger partial charge < -0.3 is 13.8 Å². The first-order chi connectivity index (χ1) is 12.5. The zero-order chi connectivity index (χ0) is 19.8. The second-order valence-electron chi connectivity index (χ2n) is 7.83. The molecule has 1 aliphatic heterocycles. The van der Waals surface area contributed by atoms with Gasteiger partial charge in [0, 0.05) is 12.0 Å². The fourth-order valence-corrected chi connectivity index (χ4v) is 3.58. The number of rotatable bonds is 6. The van der Waals surface area contributed by atoms with Crippen molar-refractivity contribution in [3.8, 4) is 0 Å². The van der Waals surface area contributed by atoms with Crippen molar-refractivity contribution < 1.29 is 22.2 Å². The molecule has 0 saturated carbocycles. The molecule has 2 atom stereocenters. The van der Waals surface area contributed by atoms with Crippen LogP contribution in [0.4, 0.5) is 0 Å². The molecule has 0 unspecified atom stereocenters. The van der Waals surface area contributed by atoms with Crippen molar-refractivity contribution in [3.63, 3.8) is 0 Å². The predicted octanol–water partition coefficient (Wildman–Crippen LogP) is 1.74. The second kappa shape index (κ2) is 7.28. The molecule has 3 heterocycles. The maximum atomic E-state index is 12.2. The third-order valence-corrected chi connectivity index (χ3v) is 5.45. The monoisotopic (exact) mass is 399 g/mol. The van der Waals surface area contributed by atoms with Gasteiger partial charge in [0.05, 0.1) is 18.9 Å². The first-order valence-corrected chi connectivity index (χ1v) is 10.6. The van der Waals surface area contributed by atoms with Gasteiger partial charge in [0.25, 0.3) is 5.89 Å². The van der Waals surface area contributed by atoms with Crippen LogP contribution in [0.1, 0.15) is 63.1 Å². The highest BCUT2D eigenvalue weighted by atomic mass is 32.2. The fraction of sp³-hybridized carbons (Fsp3) is 0.750. The van der Waals surface area contributed by atoms with Crippen LogP contribution in [0, 0.1) is 6.92 Å². The maximum absolute atomic E-state index is 12.2. The van der Waals surface area contributed by atoms with Gasteiger partial charge >= 0.3 is 0 Å². The lowest BCUT2D eigenvalue weighted by atomic mass is 9.97. The first kappa shape index (κ1) is 19.9. The molecule has 0 radical (unpaired) electrons. The SMILES string of the molecule is Cc1noc([C@@H]2CC[C@H](CN(Cc3noc(C(C)(C)C)n3)S(C)(=O)=O)O2)n1. The lowest BCUT2D eigenvalue weighted by molar-refractivity contribution is 0.0170. The topological polar surface area (TPSA) is 124 Å². The van der Waals surface area contributed by atoms with Crippen LogP contribution in [0.15, 0.2) is 9.05 Å². The van der Waals surface area contributed by atoms with E-state index in [4.69, 9.17) is 13.8 Å². The predicted molar refractivity (Wildman–Crippen MR) is 94.1 cm³/mol. The Balaban J connectivity index is 1.67. The molecule has 150 valence electrons. The lowest BCUT2D eigenvalue weighted by Crippen LogP contribution is -2.36. The van der Waals surface area contributed by atoms with Crippen LogP contribution in [-0.2, 0) is 26.7 Å². The molecule has 0 aliphatic carbocycles.